The third kappa shape index (κ3) is 4.55. The first-order chi connectivity index (χ1) is 11.4. The number of carbonyl (C=O) groups is 3. The highest BCUT2D eigenvalue weighted by molar-refractivity contribution is 6.02. The average Bonchev–Trinajstić information content (AvgIpc) is 2.53. The molecule has 0 aromatic heterocycles. The van der Waals surface area contributed by atoms with Gasteiger partial charge in [-0.15, -0.1) is 0 Å². The molecule has 1 atom stereocenters. The molecule has 1 saturated heterocycles. The van der Waals surface area contributed by atoms with Crippen LogP contribution in [0.5, 0.6) is 0 Å². The van der Waals surface area contributed by atoms with E-state index in [1.807, 2.05) is 6.92 Å². The van der Waals surface area contributed by atoms with Crippen molar-refractivity contribution in [1.29, 1.82) is 0 Å². The number of morpholine rings is 1. The van der Waals surface area contributed by atoms with Crippen LogP contribution >= 0.6 is 0 Å². The Morgan fingerprint density at radius 2 is 2.12 bits per heavy atom. The van der Waals surface area contributed by atoms with Crippen molar-refractivity contribution in [2.75, 3.05) is 31.6 Å². The Morgan fingerprint density at radius 3 is 2.79 bits per heavy atom. The van der Waals surface area contributed by atoms with Crippen molar-refractivity contribution in [2.24, 2.45) is 0 Å². The molecule has 0 saturated carbocycles. The van der Waals surface area contributed by atoms with E-state index in [1.54, 1.807) is 30.0 Å². The zero-order chi connectivity index (χ0) is 17.7. The number of nitrogens with zero attached hydrogens (tertiary/aromatic N) is 1. The molecule has 1 unspecified atom stereocenters. The van der Waals surface area contributed by atoms with Gasteiger partial charge in [0.1, 0.15) is 0 Å². The lowest BCUT2D eigenvalue weighted by atomic mass is 10.1. The average molecular weight is 334 g/mol. The number of para-hydroxylation sites is 1. The van der Waals surface area contributed by atoms with E-state index in [2.05, 4.69) is 5.32 Å². The van der Waals surface area contributed by atoms with Crippen molar-refractivity contribution in [2.45, 2.75) is 26.9 Å². The third-order valence-corrected chi connectivity index (χ3v) is 3.71. The van der Waals surface area contributed by atoms with E-state index in [9.17, 15) is 14.4 Å². The van der Waals surface area contributed by atoms with E-state index in [0.717, 1.165) is 5.56 Å². The SMILES string of the molecule is CC(=O)Nc1c(C)cccc1C(=O)OCC(=O)N1CCOC(C)C1. The highest BCUT2D eigenvalue weighted by Crippen LogP contribution is 2.21. The fourth-order valence-electron chi connectivity index (χ4n) is 2.52. The van der Waals surface area contributed by atoms with Crippen molar-refractivity contribution in [3.05, 3.63) is 29.3 Å². The molecule has 1 fully saturated rings. The fourth-order valence-corrected chi connectivity index (χ4v) is 2.52. The maximum atomic E-state index is 12.3. The number of ether oxygens (including phenoxy) is 2. The van der Waals surface area contributed by atoms with Crippen LogP contribution in [0.25, 0.3) is 0 Å². The van der Waals surface area contributed by atoms with Crippen LogP contribution in [0, 0.1) is 6.92 Å². The lowest BCUT2D eigenvalue weighted by Crippen LogP contribution is -2.46. The van der Waals surface area contributed by atoms with Crippen LogP contribution in [0.3, 0.4) is 0 Å². The van der Waals surface area contributed by atoms with Gasteiger partial charge in [0, 0.05) is 20.0 Å². The van der Waals surface area contributed by atoms with E-state index in [-0.39, 0.29) is 30.1 Å². The molecule has 1 aromatic rings. The standard InChI is InChI=1S/C17H22N2O5/c1-11-5-4-6-14(16(11)18-13(3)20)17(22)24-10-15(21)19-7-8-23-12(2)9-19/h4-6,12H,7-10H2,1-3H3,(H,18,20). The summed E-state index contributed by atoms with van der Waals surface area (Å²) < 4.78 is 10.5. The van der Waals surface area contributed by atoms with Gasteiger partial charge >= 0.3 is 5.97 Å². The summed E-state index contributed by atoms with van der Waals surface area (Å²) in [6.45, 7) is 6.15. The summed E-state index contributed by atoms with van der Waals surface area (Å²) in [5.74, 6) is -1.18. The van der Waals surface area contributed by atoms with Crippen LogP contribution in [0.1, 0.15) is 29.8 Å². The van der Waals surface area contributed by atoms with Crippen molar-refractivity contribution in [3.63, 3.8) is 0 Å². The summed E-state index contributed by atoms with van der Waals surface area (Å²) in [6.07, 6.45) is -0.0263. The number of hydrogen-bond acceptors (Lipinski definition) is 5. The summed E-state index contributed by atoms with van der Waals surface area (Å²) in [7, 11) is 0. The summed E-state index contributed by atoms with van der Waals surface area (Å²) in [5.41, 5.74) is 1.38. The third-order valence-electron chi connectivity index (χ3n) is 3.71. The van der Waals surface area contributed by atoms with Gasteiger partial charge < -0.3 is 19.7 Å². The van der Waals surface area contributed by atoms with Crippen LogP contribution in [-0.4, -0.2) is 55.1 Å². The van der Waals surface area contributed by atoms with Crippen LogP contribution in [0.4, 0.5) is 5.69 Å². The van der Waals surface area contributed by atoms with Gasteiger partial charge in [0.15, 0.2) is 6.61 Å². The van der Waals surface area contributed by atoms with Crippen LogP contribution in [0.2, 0.25) is 0 Å². The first kappa shape index (κ1) is 17.9. The Labute approximate surface area is 140 Å². The molecule has 1 heterocycles. The van der Waals surface area contributed by atoms with E-state index in [4.69, 9.17) is 9.47 Å². The van der Waals surface area contributed by atoms with Gasteiger partial charge in [-0.25, -0.2) is 4.79 Å². The van der Waals surface area contributed by atoms with Crippen molar-refractivity contribution in [1.82, 2.24) is 4.90 Å². The lowest BCUT2D eigenvalue weighted by molar-refractivity contribution is -0.141. The molecule has 2 amide bonds. The monoisotopic (exact) mass is 334 g/mol. The van der Waals surface area contributed by atoms with Crippen LogP contribution in [-0.2, 0) is 19.1 Å². The topological polar surface area (TPSA) is 84.9 Å². The Kier molecular flexibility index (Phi) is 5.92. The predicted octanol–water partition coefficient (Wildman–Crippen LogP) is 1.36. The maximum Gasteiger partial charge on any atom is 0.340 e. The normalized spacial score (nSPS) is 17.3. The molecule has 7 heteroatoms. The maximum absolute atomic E-state index is 12.3. The van der Waals surface area contributed by atoms with E-state index in [0.29, 0.717) is 25.4 Å². The Hall–Kier alpha value is -2.41. The summed E-state index contributed by atoms with van der Waals surface area (Å²) >= 11 is 0. The van der Waals surface area contributed by atoms with Crippen LogP contribution < -0.4 is 5.32 Å². The Balaban J connectivity index is 2.01. The highest BCUT2D eigenvalue weighted by atomic mass is 16.5. The van der Waals surface area contributed by atoms with Crippen molar-refractivity contribution < 1.29 is 23.9 Å². The summed E-state index contributed by atoms with van der Waals surface area (Å²) in [5, 5.41) is 2.63. The number of benzene rings is 1. The molecular formula is C17H22N2O5. The minimum absolute atomic E-state index is 0.0263. The summed E-state index contributed by atoms with van der Waals surface area (Å²) in [4.78, 5) is 37.3. The molecule has 0 spiro atoms. The first-order valence-electron chi connectivity index (χ1n) is 7.82. The second-order valence-corrected chi connectivity index (χ2v) is 5.78. The largest absolute Gasteiger partial charge is 0.452 e. The molecule has 0 bridgehead atoms. The number of aryl methyl sites for hydroxylation is 1. The minimum atomic E-state index is -0.642. The van der Waals surface area contributed by atoms with Crippen LogP contribution in [0.15, 0.2) is 18.2 Å². The van der Waals surface area contributed by atoms with Crippen molar-refractivity contribution >= 4 is 23.5 Å². The Bertz CT molecular complexity index is 644. The zero-order valence-corrected chi connectivity index (χ0v) is 14.1. The molecular weight excluding hydrogens is 312 g/mol. The number of hydrogen-bond donors (Lipinski definition) is 1. The number of anilines is 1. The fraction of sp³-hybridized carbons (Fsp3) is 0.471. The minimum Gasteiger partial charge on any atom is -0.452 e. The number of esters is 1. The van der Waals surface area contributed by atoms with Gasteiger partial charge in [-0.05, 0) is 25.5 Å². The Morgan fingerprint density at radius 1 is 1.38 bits per heavy atom. The number of carbonyl (C=O) groups excluding carboxylic acids is 3. The molecule has 130 valence electrons. The zero-order valence-electron chi connectivity index (χ0n) is 14.1. The molecule has 1 aliphatic heterocycles. The van der Waals surface area contributed by atoms with Gasteiger partial charge in [-0.1, -0.05) is 12.1 Å². The molecule has 2 rings (SSSR count). The summed E-state index contributed by atoms with van der Waals surface area (Å²) in [6, 6.07) is 5.03. The van der Waals surface area contributed by atoms with Gasteiger partial charge in [-0.3, -0.25) is 9.59 Å². The molecule has 1 aliphatic rings. The van der Waals surface area contributed by atoms with Gasteiger partial charge in [-0.2, -0.15) is 0 Å². The number of rotatable bonds is 4. The second-order valence-electron chi connectivity index (χ2n) is 5.78. The van der Waals surface area contributed by atoms with E-state index in [1.165, 1.54) is 6.92 Å². The molecule has 1 aromatic carbocycles. The quantitative estimate of drug-likeness (QED) is 0.840. The van der Waals surface area contributed by atoms with Gasteiger partial charge in [0.25, 0.3) is 5.91 Å². The number of amides is 2. The second kappa shape index (κ2) is 7.92. The van der Waals surface area contributed by atoms with E-state index < -0.39 is 5.97 Å². The van der Waals surface area contributed by atoms with Gasteiger partial charge in [0.05, 0.1) is 24.0 Å². The molecule has 1 N–H and O–H groups in total. The van der Waals surface area contributed by atoms with E-state index >= 15 is 0 Å². The smallest absolute Gasteiger partial charge is 0.340 e. The molecule has 0 radical (unpaired) electrons. The lowest BCUT2D eigenvalue weighted by Gasteiger charge is -2.30. The molecule has 24 heavy (non-hydrogen) atoms. The molecule has 0 aliphatic carbocycles. The first-order valence-corrected chi connectivity index (χ1v) is 7.82. The van der Waals surface area contributed by atoms with Crippen molar-refractivity contribution in [3.8, 4) is 0 Å². The number of nitrogens with one attached hydrogen (secondary N) is 1. The molecule has 7 nitrogen and oxygen atoms in total. The van der Waals surface area contributed by atoms with Gasteiger partial charge in [0.2, 0.25) is 5.91 Å². The highest BCUT2D eigenvalue weighted by Gasteiger charge is 2.23. The predicted molar refractivity (Wildman–Crippen MR) is 87.8 cm³/mol.